The lowest BCUT2D eigenvalue weighted by Gasteiger charge is -2.31. The van der Waals surface area contributed by atoms with E-state index in [0.717, 1.165) is 28.8 Å². The minimum absolute atomic E-state index is 0.329. The highest BCUT2D eigenvalue weighted by Gasteiger charge is 2.28. The van der Waals surface area contributed by atoms with E-state index in [9.17, 15) is 4.79 Å². The van der Waals surface area contributed by atoms with Gasteiger partial charge in [-0.2, -0.15) is 11.3 Å². The molecule has 2 heterocycles. The average molecular weight is 359 g/mol. The fourth-order valence-corrected chi connectivity index (χ4v) is 3.54. The molecular weight excluding hydrogens is 338 g/mol. The monoisotopic (exact) mass is 359 g/mol. The summed E-state index contributed by atoms with van der Waals surface area (Å²) in [7, 11) is 3.23. The third kappa shape index (κ3) is 3.49. The van der Waals surface area contributed by atoms with E-state index in [4.69, 9.17) is 14.2 Å². The second-order valence-corrected chi connectivity index (χ2v) is 6.33. The van der Waals surface area contributed by atoms with Crippen LogP contribution in [0.5, 0.6) is 11.5 Å². The molecule has 6 heteroatoms. The van der Waals surface area contributed by atoms with E-state index in [1.165, 1.54) is 0 Å². The predicted octanol–water partition coefficient (Wildman–Crippen LogP) is 4.28. The summed E-state index contributed by atoms with van der Waals surface area (Å²) in [6, 6.07) is 5.94. The molecule has 0 N–H and O–H groups in total. The third-order valence-electron chi connectivity index (χ3n) is 4.12. The predicted molar refractivity (Wildman–Crippen MR) is 99.2 cm³/mol. The topological polar surface area (TPSA) is 48.0 Å². The molecule has 2 aromatic rings. The number of rotatable bonds is 4. The normalized spacial score (nSPS) is 15.0. The van der Waals surface area contributed by atoms with Gasteiger partial charge in [0.15, 0.2) is 11.5 Å². The van der Waals surface area contributed by atoms with Crippen LogP contribution in [0, 0.1) is 0 Å². The first-order chi connectivity index (χ1) is 12.2. The second-order valence-electron chi connectivity index (χ2n) is 5.55. The molecule has 0 bridgehead atoms. The van der Waals surface area contributed by atoms with Gasteiger partial charge in [-0.1, -0.05) is 0 Å². The fourth-order valence-electron chi connectivity index (χ4n) is 2.93. The number of carbonyl (C=O) groups is 1. The molecule has 0 fully saturated rings. The SMILES string of the molecule is CCOC(=O)N1CCc2cc(OC)c(OC)cc2/C1=C/c1ccsc1. The first-order valence-corrected chi connectivity index (χ1v) is 9.05. The number of thiophene rings is 1. The van der Waals surface area contributed by atoms with Gasteiger partial charge in [-0.25, -0.2) is 4.79 Å². The number of fused-ring (bicyclic) bond motifs is 1. The van der Waals surface area contributed by atoms with E-state index in [2.05, 4.69) is 0 Å². The lowest BCUT2D eigenvalue weighted by molar-refractivity contribution is 0.125. The number of amides is 1. The van der Waals surface area contributed by atoms with E-state index in [1.807, 2.05) is 42.0 Å². The fraction of sp³-hybridized carbons (Fsp3) is 0.316. The number of hydrogen-bond donors (Lipinski definition) is 0. The lowest BCUT2D eigenvalue weighted by atomic mass is 9.95. The maximum Gasteiger partial charge on any atom is 0.414 e. The molecule has 1 aliphatic heterocycles. The standard InChI is InChI=1S/C19H21NO4S/c1-4-24-19(21)20-7-5-14-10-17(22-2)18(23-3)11-15(14)16(20)9-13-6-8-25-12-13/h6,8-12H,4-5,7H2,1-3H3/b16-9-. The van der Waals surface area contributed by atoms with Gasteiger partial charge in [-0.05, 0) is 59.5 Å². The molecule has 0 aliphatic carbocycles. The number of benzene rings is 1. The molecule has 5 nitrogen and oxygen atoms in total. The van der Waals surface area contributed by atoms with Crippen LogP contribution in [0.15, 0.2) is 29.0 Å². The molecule has 0 radical (unpaired) electrons. The molecule has 0 unspecified atom stereocenters. The number of carbonyl (C=O) groups excluding carboxylic acids is 1. The Morgan fingerprint density at radius 1 is 1.28 bits per heavy atom. The Hall–Kier alpha value is -2.47. The zero-order chi connectivity index (χ0) is 17.8. The molecule has 0 saturated heterocycles. The van der Waals surface area contributed by atoms with Crippen LogP contribution in [0.1, 0.15) is 23.6 Å². The van der Waals surface area contributed by atoms with Crippen molar-refractivity contribution >= 4 is 29.2 Å². The summed E-state index contributed by atoms with van der Waals surface area (Å²) in [5.41, 5.74) is 3.96. The van der Waals surface area contributed by atoms with Gasteiger partial charge in [0.2, 0.25) is 0 Å². The summed E-state index contributed by atoms with van der Waals surface area (Å²) < 4.78 is 16.1. The molecule has 0 atom stereocenters. The Morgan fingerprint density at radius 3 is 2.68 bits per heavy atom. The van der Waals surface area contributed by atoms with Crippen LogP contribution in [0.4, 0.5) is 4.79 Å². The van der Waals surface area contributed by atoms with Gasteiger partial charge in [0.1, 0.15) is 0 Å². The van der Waals surface area contributed by atoms with E-state index in [0.29, 0.717) is 24.7 Å². The number of nitrogens with zero attached hydrogens (tertiary/aromatic N) is 1. The molecule has 1 amide bonds. The van der Waals surface area contributed by atoms with Crippen LogP contribution in [-0.4, -0.2) is 38.4 Å². The molecule has 1 aliphatic rings. The molecule has 0 spiro atoms. The summed E-state index contributed by atoms with van der Waals surface area (Å²) in [6.07, 6.45) is 2.41. The summed E-state index contributed by atoms with van der Waals surface area (Å²) in [5.74, 6) is 1.34. The highest BCUT2D eigenvalue weighted by atomic mass is 32.1. The average Bonchev–Trinajstić information content (AvgIpc) is 3.14. The van der Waals surface area contributed by atoms with E-state index >= 15 is 0 Å². The van der Waals surface area contributed by atoms with Gasteiger partial charge in [-0.3, -0.25) is 4.90 Å². The number of methoxy groups -OCH3 is 2. The molecule has 132 valence electrons. The molecule has 3 rings (SSSR count). The van der Waals surface area contributed by atoms with Crippen LogP contribution in [-0.2, 0) is 11.2 Å². The van der Waals surface area contributed by atoms with Gasteiger partial charge in [0, 0.05) is 12.1 Å². The maximum atomic E-state index is 12.4. The van der Waals surface area contributed by atoms with Crippen molar-refractivity contribution in [1.82, 2.24) is 4.90 Å². The zero-order valence-corrected chi connectivity index (χ0v) is 15.4. The van der Waals surface area contributed by atoms with Crippen LogP contribution < -0.4 is 9.47 Å². The van der Waals surface area contributed by atoms with Crippen molar-refractivity contribution in [3.05, 3.63) is 45.6 Å². The Kier molecular flexibility index (Phi) is 5.28. The Balaban J connectivity index is 2.12. The molecule has 25 heavy (non-hydrogen) atoms. The Labute approximate surface area is 151 Å². The van der Waals surface area contributed by atoms with E-state index < -0.39 is 0 Å². The van der Waals surface area contributed by atoms with Crippen molar-refractivity contribution in [2.24, 2.45) is 0 Å². The lowest BCUT2D eigenvalue weighted by Crippen LogP contribution is -2.35. The van der Waals surface area contributed by atoms with Crippen molar-refractivity contribution < 1.29 is 19.0 Å². The van der Waals surface area contributed by atoms with Crippen molar-refractivity contribution in [2.75, 3.05) is 27.4 Å². The van der Waals surface area contributed by atoms with Crippen molar-refractivity contribution in [3.8, 4) is 11.5 Å². The highest BCUT2D eigenvalue weighted by Crippen LogP contribution is 2.38. The van der Waals surface area contributed by atoms with Gasteiger partial charge in [-0.15, -0.1) is 0 Å². The molecular formula is C19H21NO4S. The minimum Gasteiger partial charge on any atom is -0.493 e. The number of ether oxygens (including phenoxy) is 3. The summed E-state index contributed by atoms with van der Waals surface area (Å²) in [4.78, 5) is 14.1. The molecule has 1 aromatic heterocycles. The highest BCUT2D eigenvalue weighted by molar-refractivity contribution is 7.08. The summed E-state index contributed by atoms with van der Waals surface area (Å²) in [6.45, 7) is 2.73. The van der Waals surface area contributed by atoms with Crippen molar-refractivity contribution in [2.45, 2.75) is 13.3 Å². The van der Waals surface area contributed by atoms with Crippen LogP contribution in [0.25, 0.3) is 11.8 Å². The third-order valence-corrected chi connectivity index (χ3v) is 4.82. The molecule has 0 saturated carbocycles. The van der Waals surface area contributed by atoms with E-state index in [1.54, 1.807) is 30.5 Å². The van der Waals surface area contributed by atoms with Gasteiger partial charge in [0.25, 0.3) is 0 Å². The second kappa shape index (κ2) is 7.61. The van der Waals surface area contributed by atoms with E-state index in [-0.39, 0.29) is 6.09 Å². The van der Waals surface area contributed by atoms with Gasteiger partial charge >= 0.3 is 6.09 Å². The summed E-state index contributed by atoms with van der Waals surface area (Å²) in [5, 5.41) is 4.06. The zero-order valence-electron chi connectivity index (χ0n) is 14.6. The Morgan fingerprint density at radius 2 is 2.04 bits per heavy atom. The van der Waals surface area contributed by atoms with Crippen LogP contribution in [0.3, 0.4) is 0 Å². The largest absolute Gasteiger partial charge is 0.493 e. The van der Waals surface area contributed by atoms with Crippen LogP contribution in [0.2, 0.25) is 0 Å². The Bertz CT molecular complexity index is 783. The van der Waals surface area contributed by atoms with Gasteiger partial charge in [0.05, 0.1) is 26.5 Å². The van der Waals surface area contributed by atoms with Crippen molar-refractivity contribution in [3.63, 3.8) is 0 Å². The first kappa shape index (κ1) is 17.4. The smallest absolute Gasteiger partial charge is 0.414 e. The van der Waals surface area contributed by atoms with Crippen molar-refractivity contribution in [1.29, 1.82) is 0 Å². The van der Waals surface area contributed by atoms with Crippen LogP contribution >= 0.6 is 11.3 Å². The maximum absolute atomic E-state index is 12.4. The molecule has 1 aromatic carbocycles. The summed E-state index contributed by atoms with van der Waals surface area (Å²) >= 11 is 1.62. The number of hydrogen-bond acceptors (Lipinski definition) is 5. The quantitative estimate of drug-likeness (QED) is 0.818. The first-order valence-electron chi connectivity index (χ1n) is 8.11. The van der Waals surface area contributed by atoms with Gasteiger partial charge < -0.3 is 14.2 Å². The minimum atomic E-state index is -0.329.